The minimum Gasteiger partial charge on any atom is -0.478 e. The van der Waals surface area contributed by atoms with Gasteiger partial charge >= 0.3 is 0 Å². The van der Waals surface area contributed by atoms with Crippen LogP contribution >= 0.6 is 0 Å². The Morgan fingerprint density at radius 3 is 3.16 bits per heavy atom. The van der Waals surface area contributed by atoms with Crippen LogP contribution in [0.3, 0.4) is 0 Å². The van der Waals surface area contributed by atoms with Gasteiger partial charge in [-0.1, -0.05) is 19.9 Å². The third-order valence-corrected chi connectivity index (χ3v) is 3.14. The lowest BCUT2D eigenvalue weighted by Gasteiger charge is -2.29. The predicted octanol–water partition coefficient (Wildman–Crippen LogP) is 2.76. The maximum atomic E-state index is 11.3. The van der Waals surface area contributed by atoms with E-state index in [1.807, 2.05) is 18.2 Å². The standard InChI is InChI=1S/C15H20N2O2/c1-3-5-8-17-10-12-9-13(16-15(18)4-2)6-7-14(12)19-11-17/h4,6-7,9H,2-3,5,8,10-11H2,1H3,(H,16,18). The molecule has 19 heavy (non-hydrogen) atoms. The zero-order valence-electron chi connectivity index (χ0n) is 11.3. The van der Waals surface area contributed by atoms with Gasteiger partial charge < -0.3 is 10.1 Å². The molecule has 1 aliphatic rings. The van der Waals surface area contributed by atoms with Crippen LogP contribution in [0.2, 0.25) is 0 Å². The quantitative estimate of drug-likeness (QED) is 0.828. The molecule has 1 N–H and O–H groups in total. The SMILES string of the molecule is C=CC(=O)Nc1ccc2c(c1)CN(CCCC)CO2. The van der Waals surface area contributed by atoms with Crippen LogP contribution in [-0.2, 0) is 11.3 Å². The van der Waals surface area contributed by atoms with Gasteiger partial charge in [0.2, 0.25) is 5.91 Å². The van der Waals surface area contributed by atoms with Crippen LogP contribution in [0.5, 0.6) is 5.75 Å². The van der Waals surface area contributed by atoms with E-state index < -0.39 is 0 Å². The van der Waals surface area contributed by atoms with Crippen LogP contribution < -0.4 is 10.1 Å². The smallest absolute Gasteiger partial charge is 0.247 e. The number of anilines is 1. The van der Waals surface area contributed by atoms with E-state index in [1.54, 1.807) is 0 Å². The van der Waals surface area contributed by atoms with Crippen molar-refractivity contribution in [1.29, 1.82) is 0 Å². The maximum Gasteiger partial charge on any atom is 0.247 e. The van der Waals surface area contributed by atoms with Crippen molar-refractivity contribution in [3.63, 3.8) is 0 Å². The third-order valence-electron chi connectivity index (χ3n) is 3.14. The Balaban J connectivity index is 2.06. The lowest BCUT2D eigenvalue weighted by molar-refractivity contribution is -0.111. The number of rotatable bonds is 5. The molecule has 1 aliphatic heterocycles. The van der Waals surface area contributed by atoms with E-state index in [9.17, 15) is 4.79 Å². The molecule has 0 aromatic heterocycles. The Kier molecular flexibility index (Phi) is 4.58. The summed E-state index contributed by atoms with van der Waals surface area (Å²) in [6, 6.07) is 5.72. The number of nitrogens with one attached hydrogen (secondary N) is 1. The highest BCUT2D eigenvalue weighted by Gasteiger charge is 2.17. The molecule has 0 unspecified atom stereocenters. The molecule has 0 fully saturated rings. The summed E-state index contributed by atoms with van der Waals surface area (Å²) >= 11 is 0. The number of benzene rings is 1. The van der Waals surface area contributed by atoms with E-state index in [1.165, 1.54) is 18.9 Å². The zero-order valence-corrected chi connectivity index (χ0v) is 11.3. The molecule has 4 nitrogen and oxygen atoms in total. The zero-order chi connectivity index (χ0) is 13.7. The summed E-state index contributed by atoms with van der Waals surface area (Å²) in [5, 5.41) is 2.77. The van der Waals surface area contributed by atoms with E-state index >= 15 is 0 Å². The van der Waals surface area contributed by atoms with Gasteiger partial charge in [-0.25, -0.2) is 0 Å². The van der Waals surface area contributed by atoms with Gasteiger partial charge in [-0.15, -0.1) is 0 Å². The molecule has 0 atom stereocenters. The van der Waals surface area contributed by atoms with Gasteiger partial charge in [-0.3, -0.25) is 9.69 Å². The summed E-state index contributed by atoms with van der Waals surface area (Å²) in [7, 11) is 0. The first-order chi connectivity index (χ1) is 9.22. The molecule has 4 heteroatoms. The number of carbonyl (C=O) groups is 1. The van der Waals surface area contributed by atoms with Gasteiger partial charge in [0.05, 0.1) is 0 Å². The number of nitrogens with zero attached hydrogens (tertiary/aromatic N) is 1. The topological polar surface area (TPSA) is 41.6 Å². The van der Waals surface area contributed by atoms with Crippen LogP contribution in [0, 0.1) is 0 Å². The molecule has 0 aliphatic carbocycles. The normalized spacial score (nSPS) is 14.4. The van der Waals surface area contributed by atoms with Gasteiger partial charge in [0.15, 0.2) is 0 Å². The molecule has 0 saturated carbocycles. The first-order valence-electron chi connectivity index (χ1n) is 6.64. The Hall–Kier alpha value is -1.81. The fourth-order valence-electron chi connectivity index (χ4n) is 2.09. The number of amides is 1. The number of hydrogen-bond donors (Lipinski definition) is 1. The van der Waals surface area contributed by atoms with E-state index in [0.717, 1.165) is 30.1 Å². The Morgan fingerprint density at radius 1 is 1.58 bits per heavy atom. The van der Waals surface area contributed by atoms with Crippen molar-refractivity contribution in [2.24, 2.45) is 0 Å². The molecule has 0 bridgehead atoms. The molecule has 0 spiro atoms. The summed E-state index contributed by atoms with van der Waals surface area (Å²) < 4.78 is 5.71. The number of carbonyl (C=O) groups excluding carboxylic acids is 1. The van der Waals surface area contributed by atoms with Crippen molar-refractivity contribution < 1.29 is 9.53 Å². The minimum absolute atomic E-state index is 0.195. The van der Waals surface area contributed by atoms with Gasteiger partial charge in [0.1, 0.15) is 12.5 Å². The number of unbranched alkanes of at least 4 members (excludes halogenated alkanes) is 1. The number of hydrogen-bond acceptors (Lipinski definition) is 3. The monoisotopic (exact) mass is 260 g/mol. The minimum atomic E-state index is -0.195. The second-order valence-corrected chi connectivity index (χ2v) is 4.70. The molecule has 1 amide bonds. The van der Waals surface area contributed by atoms with Crippen LogP contribution in [0.1, 0.15) is 25.3 Å². The fraction of sp³-hybridized carbons (Fsp3) is 0.400. The van der Waals surface area contributed by atoms with E-state index in [-0.39, 0.29) is 5.91 Å². The van der Waals surface area contributed by atoms with Crippen molar-refractivity contribution >= 4 is 11.6 Å². The highest BCUT2D eigenvalue weighted by atomic mass is 16.5. The molecule has 0 saturated heterocycles. The number of fused-ring (bicyclic) bond motifs is 1. The average molecular weight is 260 g/mol. The van der Waals surface area contributed by atoms with Crippen molar-refractivity contribution in [3.05, 3.63) is 36.4 Å². The van der Waals surface area contributed by atoms with Gasteiger partial charge in [-0.05, 0) is 30.7 Å². The molecular formula is C15H20N2O2. The molecule has 1 aromatic rings. The summed E-state index contributed by atoms with van der Waals surface area (Å²) in [4.78, 5) is 13.6. The molecule has 1 aromatic carbocycles. The lowest BCUT2D eigenvalue weighted by atomic mass is 10.1. The van der Waals surface area contributed by atoms with E-state index in [4.69, 9.17) is 4.74 Å². The van der Waals surface area contributed by atoms with Crippen molar-refractivity contribution in [2.75, 3.05) is 18.6 Å². The fourth-order valence-corrected chi connectivity index (χ4v) is 2.09. The van der Waals surface area contributed by atoms with Crippen LogP contribution in [0.25, 0.3) is 0 Å². The predicted molar refractivity (Wildman–Crippen MR) is 76.1 cm³/mol. The van der Waals surface area contributed by atoms with E-state index in [0.29, 0.717) is 6.73 Å². The summed E-state index contributed by atoms with van der Waals surface area (Å²) in [6.45, 7) is 8.18. The van der Waals surface area contributed by atoms with E-state index in [2.05, 4.69) is 23.7 Å². The Labute approximate surface area is 114 Å². The first kappa shape index (κ1) is 13.6. The summed E-state index contributed by atoms with van der Waals surface area (Å²) in [6.07, 6.45) is 3.62. The molecule has 0 radical (unpaired) electrons. The Bertz CT molecular complexity index is 471. The molecular weight excluding hydrogens is 240 g/mol. The lowest BCUT2D eigenvalue weighted by Crippen LogP contribution is -2.32. The average Bonchev–Trinajstić information content (AvgIpc) is 2.44. The second kappa shape index (κ2) is 6.38. The highest BCUT2D eigenvalue weighted by Crippen LogP contribution is 2.28. The summed E-state index contributed by atoms with van der Waals surface area (Å²) in [5.74, 6) is 0.712. The Morgan fingerprint density at radius 2 is 2.42 bits per heavy atom. The van der Waals surface area contributed by atoms with Gasteiger partial charge in [0.25, 0.3) is 0 Å². The van der Waals surface area contributed by atoms with Gasteiger partial charge in [0, 0.05) is 24.3 Å². The second-order valence-electron chi connectivity index (χ2n) is 4.70. The highest BCUT2D eigenvalue weighted by molar-refractivity contribution is 5.98. The molecule has 102 valence electrons. The first-order valence-corrected chi connectivity index (χ1v) is 6.64. The van der Waals surface area contributed by atoms with Crippen molar-refractivity contribution in [3.8, 4) is 5.75 Å². The molecule has 2 rings (SSSR count). The van der Waals surface area contributed by atoms with Crippen LogP contribution in [0.4, 0.5) is 5.69 Å². The van der Waals surface area contributed by atoms with Crippen molar-refractivity contribution in [2.45, 2.75) is 26.3 Å². The number of ether oxygens (including phenoxy) is 1. The van der Waals surface area contributed by atoms with Crippen LogP contribution in [-0.4, -0.2) is 24.1 Å². The summed E-state index contributed by atoms with van der Waals surface area (Å²) in [5.41, 5.74) is 1.90. The largest absolute Gasteiger partial charge is 0.478 e. The van der Waals surface area contributed by atoms with Crippen molar-refractivity contribution in [1.82, 2.24) is 4.90 Å². The van der Waals surface area contributed by atoms with Crippen LogP contribution in [0.15, 0.2) is 30.9 Å². The third kappa shape index (κ3) is 3.58. The molecule has 1 heterocycles. The maximum absolute atomic E-state index is 11.3. The van der Waals surface area contributed by atoms with Gasteiger partial charge in [-0.2, -0.15) is 0 Å².